The number of methoxy groups -OCH3 is 2. The third kappa shape index (κ3) is 4.35. The van der Waals surface area contributed by atoms with E-state index < -0.39 is 0 Å². The Hall–Kier alpha value is -0.830. The number of hydrogen-bond donors (Lipinski definition) is 0. The van der Waals surface area contributed by atoms with Gasteiger partial charge < -0.3 is 9.47 Å². The maximum atomic E-state index is 11.4. The van der Waals surface area contributed by atoms with Gasteiger partial charge in [0.1, 0.15) is 6.61 Å². The summed E-state index contributed by atoms with van der Waals surface area (Å²) in [4.78, 5) is 11.4. The Kier molecular flexibility index (Phi) is 6.16. The molecule has 0 N–H and O–H groups in total. The van der Waals surface area contributed by atoms with Gasteiger partial charge in [0.2, 0.25) is 0 Å². The Morgan fingerprint density at radius 1 is 1.44 bits per heavy atom. The molecular weight excluding hydrogens is 204 g/mol. The molecule has 1 rings (SSSR count). The molecule has 1 atom stereocenters. The number of hydrogen-bond acceptors (Lipinski definition) is 3. The zero-order valence-electron chi connectivity index (χ0n) is 10.3. The van der Waals surface area contributed by atoms with Gasteiger partial charge in [-0.15, -0.1) is 0 Å². The zero-order chi connectivity index (χ0) is 11.8. The minimum atomic E-state index is 0.199. The second kappa shape index (κ2) is 7.44. The van der Waals surface area contributed by atoms with Crippen LogP contribution in [0.25, 0.3) is 0 Å². The molecule has 0 amide bonds. The van der Waals surface area contributed by atoms with E-state index in [0.29, 0.717) is 12.3 Å². The predicted octanol–water partition coefficient (Wildman–Crippen LogP) is 2.70. The number of carbonyl (C=O) groups excluding carboxylic acids is 1. The van der Waals surface area contributed by atoms with E-state index in [1.165, 1.54) is 24.8 Å². The Morgan fingerprint density at radius 2 is 2.25 bits per heavy atom. The van der Waals surface area contributed by atoms with Crippen molar-refractivity contribution in [3.63, 3.8) is 0 Å². The average molecular weight is 226 g/mol. The summed E-state index contributed by atoms with van der Waals surface area (Å²) in [7, 11) is 3.25. The van der Waals surface area contributed by atoms with Crippen molar-refractivity contribution >= 4 is 5.78 Å². The summed E-state index contributed by atoms with van der Waals surface area (Å²) in [6, 6.07) is 0. The topological polar surface area (TPSA) is 35.5 Å². The third-order valence-corrected chi connectivity index (χ3v) is 3.14. The van der Waals surface area contributed by atoms with Gasteiger partial charge in [-0.2, -0.15) is 0 Å². The van der Waals surface area contributed by atoms with Gasteiger partial charge in [-0.1, -0.05) is 6.42 Å². The van der Waals surface area contributed by atoms with Crippen molar-refractivity contribution in [2.45, 2.75) is 38.5 Å². The van der Waals surface area contributed by atoms with E-state index >= 15 is 0 Å². The molecule has 3 nitrogen and oxygen atoms in total. The average Bonchev–Trinajstić information content (AvgIpc) is 2.29. The Morgan fingerprint density at radius 3 is 2.94 bits per heavy atom. The van der Waals surface area contributed by atoms with Crippen molar-refractivity contribution in [2.75, 3.05) is 20.8 Å². The van der Waals surface area contributed by atoms with Crippen molar-refractivity contribution in [1.29, 1.82) is 0 Å². The number of ether oxygens (including phenoxy) is 2. The number of allylic oxidation sites excluding steroid dienone is 1. The van der Waals surface area contributed by atoms with Crippen LogP contribution in [0.2, 0.25) is 0 Å². The maximum Gasteiger partial charge on any atom is 0.158 e. The summed E-state index contributed by atoms with van der Waals surface area (Å²) in [5.74, 6) is 0.736. The normalized spacial score (nSPS) is 23.4. The van der Waals surface area contributed by atoms with Gasteiger partial charge in [0.15, 0.2) is 5.78 Å². The van der Waals surface area contributed by atoms with E-state index in [1.807, 2.05) is 6.26 Å². The molecule has 0 aliphatic heterocycles. The van der Waals surface area contributed by atoms with Gasteiger partial charge in [-0.25, -0.2) is 0 Å². The summed E-state index contributed by atoms with van der Waals surface area (Å²) in [5, 5.41) is 0. The van der Waals surface area contributed by atoms with Gasteiger partial charge in [-0.05, 0) is 37.2 Å². The van der Waals surface area contributed by atoms with Gasteiger partial charge in [-0.3, -0.25) is 4.79 Å². The minimum absolute atomic E-state index is 0.199. The largest absolute Gasteiger partial charge is 0.504 e. The molecule has 16 heavy (non-hydrogen) atoms. The fourth-order valence-electron chi connectivity index (χ4n) is 2.31. The number of ketones is 1. The van der Waals surface area contributed by atoms with E-state index in [9.17, 15) is 4.79 Å². The lowest BCUT2D eigenvalue weighted by Crippen LogP contribution is -2.14. The van der Waals surface area contributed by atoms with Gasteiger partial charge >= 0.3 is 0 Å². The molecule has 1 unspecified atom stereocenters. The van der Waals surface area contributed by atoms with Crippen LogP contribution >= 0.6 is 0 Å². The van der Waals surface area contributed by atoms with Crippen LogP contribution < -0.4 is 0 Å². The molecule has 92 valence electrons. The molecule has 1 aliphatic rings. The van der Waals surface area contributed by atoms with Crippen molar-refractivity contribution in [3.05, 3.63) is 11.8 Å². The Labute approximate surface area is 97.8 Å². The van der Waals surface area contributed by atoms with Crippen LogP contribution in [0.15, 0.2) is 11.8 Å². The zero-order valence-corrected chi connectivity index (χ0v) is 10.3. The predicted molar refractivity (Wildman–Crippen MR) is 63.2 cm³/mol. The van der Waals surface area contributed by atoms with Crippen LogP contribution in [0.4, 0.5) is 0 Å². The van der Waals surface area contributed by atoms with Crippen molar-refractivity contribution in [2.24, 2.45) is 5.92 Å². The van der Waals surface area contributed by atoms with E-state index in [-0.39, 0.29) is 12.4 Å². The number of carbonyl (C=O) groups is 1. The van der Waals surface area contributed by atoms with E-state index in [4.69, 9.17) is 9.47 Å². The van der Waals surface area contributed by atoms with E-state index in [0.717, 1.165) is 12.8 Å². The standard InChI is InChI=1S/C13H22O3/c1-15-9-12-6-4-3-5-11(12)7-8-13(14)10-16-2/h9,11H,3-8,10H2,1-2H3/b12-9+. The van der Waals surface area contributed by atoms with E-state index in [1.54, 1.807) is 14.2 Å². The molecular formula is C13H22O3. The highest BCUT2D eigenvalue weighted by molar-refractivity contribution is 5.79. The van der Waals surface area contributed by atoms with Crippen LogP contribution in [0.3, 0.4) is 0 Å². The molecule has 0 radical (unpaired) electrons. The molecule has 0 spiro atoms. The fraction of sp³-hybridized carbons (Fsp3) is 0.769. The van der Waals surface area contributed by atoms with Crippen LogP contribution in [-0.2, 0) is 14.3 Å². The SMILES string of the molecule is CO/C=C1\CCCCC1CCC(=O)COC. The third-order valence-electron chi connectivity index (χ3n) is 3.14. The molecule has 0 saturated heterocycles. The minimum Gasteiger partial charge on any atom is -0.504 e. The van der Waals surface area contributed by atoms with Gasteiger partial charge in [0.05, 0.1) is 13.4 Å². The molecule has 0 aromatic heterocycles. The molecule has 1 saturated carbocycles. The first-order valence-electron chi connectivity index (χ1n) is 6.00. The quantitative estimate of drug-likeness (QED) is 0.653. The van der Waals surface area contributed by atoms with E-state index in [2.05, 4.69) is 0 Å². The summed E-state index contributed by atoms with van der Waals surface area (Å²) in [6.07, 6.45) is 8.26. The summed E-state index contributed by atoms with van der Waals surface area (Å²) >= 11 is 0. The second-order valence-corrected chi connectivity index (χ2v) is 4.38. The maximum absolute atomic E-state index is 11.4. The highest BCUT2D eigenvalue weighted by Gasteiger charge is 2.19. The fourth-order valence-corrected chi connectivity index (χ4v) is 2.31. The van der Waals surface area contributed by atoms with Crippen molar-refractivity contribution in [1.82, 2.24) is 0 Å². The van der Waals surface area contributed by atoms with Crippen molar-refractivity contribution in [3.8, 4) is 0 Å². The van der Waals surface area contributed by atoms with Crippen LogP contribution in [-0.4, -0.2) is 26.6 Å². The lowest BCUT2D eigenvalue weighted by molar-refractivity contribution is -0.122. The molecule has 0 heterocycles. The molecule has 1 fully saturated rings. The van der Waals surface area contributed by atoms with Gasteiger partial charge in [0, 0.05) is 13.5 Å². The van der Waals surface area contributed by atoms with Gasteiger partial charge in [0.25, 0.3) is 0 Å². The first-order chi connectivity index (χ1) is 7.77. The monoisotopic (exact) mass is 226 g/mol. The smallest absolute Gasteiger partial charge is 0.158 e. The summed E-state index contributed by atoms with van der Waals surface area (Å²) in [6.45, 7) is 0.246. The van der Waals surface area contributed by atoms with Crippen LogP contribution in [0, 0.1) is 5.92 Å². The number of rotatable bonds is 6. The lowest BCUT2D eigenvalue weighted by atomic mass is 9.82. The molecule has 1 aliphatic carbocycles. The van der Waals surface area contributed by atoms with Crippen LogP contribution in [0.5, 0.6) is 0 Å². The first-order valence-corrected chi connectivity index (χ1v) is 6.00. The number of Topliss-reactive ketones (excluding diaryl/α,β-unsaturated/α-hetero) is 1. The molecule has 3 heteroatoms. The second-order valence-electron chi connectivity index (χ2n) is 4.38. The first kappa shape index (κ1) is 13.2. The Bertz CT molecular complexity index is 246. The Balaban J connectivity index is 2.38. The summed E-state index contributed by atoms with van der Waals surface area (Å²) in [5.41, 5.74) is 1.37. The highest BCUT2D eigenvalue weighted by Crippen LogP contribution is 2.32. The van der Waals surface area contributed by atoms with Crippen LogP contribution in [0.1, 0.15) is 38.5 Å². The summed E-state index contributed by atoms with van der Waals surface area (Å²) < 4.78 is 9.92. The lowest BCUT2D eigenvalue weighted by Gasteiger charge is -2.24. The molecule has 0 aromatic rings. The van der Waals surface area contributed by atoms with Crippen molar-refractivity contribution < 1.29 is 14.3 Å². The molecule has 0 aromatic carbocycles. The molecule has 0 bridgehead atoms. The highest BCUT2D eigenvalue weighted by atomic mass is 16.5.